The van der Waals surface area contributed by atoms with Gasteiger partial charge in [-0.3, -0.25) is 4.79 Å². The predicted octanol–water partition coefficient (Wildman–Crippen LogP) is 3.67. The summed E-state index contributed by atoms with van der Waals surface area (Å²) >= 11 is 1.24. The molecule has 0 radical (unpaired) electrons. The summed E-state index contributed by atoms with van der Waals surface area (Å²) in [5.74, 6) is -0.144. The van der Waals surface area contributed by atoms with Crippen LogP contribution in [0.25, 0.3) is 10.4 Å². The summed E-state index contributed by atoms with van der Waals surface area (Å²) < 4.78 is 32.7. The maximum atomic E-state index is 12.8. The Bertz CT molecular complexity index is 1160. The van der Waals surface area contributed by atoms with Crippen LogP contribution in [-0.2, 0) is 21.3 Å². The van der Waals surface area contributed by atoms with Gasteiger partial charge in [0, 0.05) is 30.1 Å². The molecule has 0 saturated carbocycles. The van der Waals surface area contributed by atoms with Crippen molar-refractivity contribution in [2.75, 3.05) is 26.3 Å². The van der Waals surface area contributed by atoms with E-state index in [0.29, 0.717) is 42.6 Å². The number of rotatable bonds is 6. The number of carbonyl (C=O) groups excluding carboxylic acids is 1. The molecule has 2 heterocycles. The zero-order valence-corrected chi connectivity index (χ0v) is 18.8. The molecule has 1 aliphatic rings. The van der Waals surface area contributed by atoms with E-state index in [-0.39, 0.29) is 5.91 Å². The summed E-state index contributed by atoms with van der Waals surface area (Å²) in [6, 6.07) is 18.7. The Morgan fingerprint density at radius 1 is 1.06 bits per heavy atom. The zero-order valence-electron chi connectivity index (χ0n) is 17.2. The lowest BCUT2D eigenvalue weighted by Crippen LogP contribution is -2.40. The summed E-state index contributed by atoms with van der Waals surface area (Å²) in [6.07, 6.45) is 0. The average Bonchev–Trinajstić information content (AvgIpc) is 3.29. The van der Waals surface area contributed by atoms with E-state index in [0.717, 1.165) is 21.6 Å². The largest absolute Gasteiger partial charge is 0.379 e. The van der Waals surface area contributed by atoms with Gasteiger partial charge in [0.1, 0.15) is 4.21 Å². The van der Waals surface area contributed by atoms with E-state index >= 15 is 0 Å². The topological polar surface area (TPSA) is 75.7 Å². The molecule has 0 spiro atoms. The highest BCUT2D eigenvalue weighted by Gasteiger charge is 2.27. The summed E-state index contributed by atoms with van der Waals surface area (Å²) in [7, 11) is -3.50. The van der Waals surface area contributed by atoms with Gasteiger partial charge in [-0.25, -0.2) is 8.42 Å². The monoisotopic (exact) mass is 456 g/mol. The Morgan fingerprint density at radius 2 is 1.81 bits per heavy atom. The fourth-order valence-corrected chi connectivity index (χ4v) is 6.29. The number of hydrogen-bond donors (Lipinski definition) is 1. The van der Waals surface area contributed by atoms with E-state index in [4.69, 9.17) is 4.74 Å². The number of morpholine rings is 1. The van der Waals surface area contributed by atoms with Gasteiger partial charge in [0.25, 0.3) is 15.9 Å². The third-order valence-electron chi connectivity index (χ3n) is 5.11. The van der Waals surface area contributed by atoms with Crippen molar-refractivity contribution in [3.8, 4) is 10.4 Å². The number of benzene rings is 2. The lowest BCUT2D eigenvalue weighted by atomic mass is 10.1. The van der Waals surface area contributed by atoms with Gasteiger partial charge in [-0.1, -0.05) is 42.0 Å². The van der Waals surface area contributed by atoms with Crippen molar-refractivity contribution in [3.63, 3.8) is 0 Å². The lowest BCUT2D eigenvalue weighted by Gasteiger charge is -2.25. The highest BCUT2D eigenvalue weighted by molar-refractivity contribution is 7.91. The second-order valence-electron chi connectivity index (χ2n) is 7.38. The maximum absolute atomic E-state index is 12.8. The summed E-state index contributed by atoms with van der Waals surface area (Å²) in [5.41, 5.74) is 3.65. The van der Waals surface area contributed by atoms with Crippen molar-refractivity contribution in [1.29, 1.82) is 0 Å². The van der Waals surface area contributed by atoms with Crippen LogP contribution in [0.2, 0.25) is 0 Å². The molecule has 162 valence electrons. The molecule has 0 atom stereocenters. The maximum Gasteiger partial charge on any atom is 0.252 e. The number of nitrogens with zero attached hydrogens (tertiary/aromatic N) is 1. The number of sulfonamides is 1. The number of thiophene rings is 1. The van der Waals surface area contributed by atoms with Gasteiger partial charge in [0.15, 0.2) is 0 Å². The highest BCUT2D eigenvalue weighted by Crippen LogP contribution is 2.32. The minimum absolute atomic E-state index is 0.144. The minimum atomic E-state index is -3.50. The van der Waals surface area contributed by atoms with Crippen LogP contribution in [-0.4, -0.2) is 44.9 Å². The van der Waals surface area contributed by atoms with E-state index in [9.17, 15) is 13.2 Å². The van der Waals surface area contributed by atoms with Gasteiger partial charge in [-0.2, -0.15) is 4.31 Å². The van der Waals surface area contributed by atoms with Crippen molar-refractivity contribution < 1.29 is 17.9 Å². The van der Waals surface area contributed by atoms with E-state index in [1.54, 1.807) is 18.2 Å². The predicted molar refractivity (Wildman–Crippen MR) is 122 cm³/mol. The SMILES string of the molecule is Cc1cccc(CNC(=O)c2ccc(-c3ccc(S(=O)(=O)N4CCOCC4)s3)cc2)c1. The van der Waals surface area contributed by atoms with E-state index < -0.39 is 10.0 Å². The Balaban J connectivity index is 1.43. The molecule has 31 heavy (non-hydrogen) atoms. The first-order chi connectivity index (χ1) is 14.9. The average molecular weight is 457 g/mol. The van der Waals surface area contributed by atoms with Gasteiger partial charge in [0.05, 0.1) is 13.2 Å². The molecule has 1 amide bonds. The molecular formula is C23H24N2O4S2. The van der Waals surface area contributed by atoms with E-state index in [2.05, 4.69) is 5.32 Å². The quantitative estimate of drug-likeness (QED) is 0.614. The zero-order chi connectivity index (χ0) is 21.8. The molecule has 8 heteroatoms. The molecule has 0 aliphatic carbocycles. The third kappa shape index (κ3) is 5.04. The Hall–Kier alpha value is -2.52. The van der Waals surface area contributed by atoms with Gasteiger partial charge < -0.3 is 10.1 Å². The number of nitrogens with one attached hydrogen (secondary N) is 1. The first kappa shape index (κ1) is 21.7. The fourth-order valence-electron chi connectivity index (χ4n) is 3.42. The number of aryl methyl sites for hydroxylation is 1. The summed E-state index contributed by atoms with van der Waals surface area (Å²) in [6.45, 7) is 4.09. The molecule has 1 aliphatic heterocycles. The van der Waals surface area contributed by atoms with Gasteiger partial charge in [-0.15, -0.1) is 11.3 Å². The molecule has 0 unspecified atom stereocenters. The molecule has 3 aromatic rings. The second kappa shape index (κ2) is 9.32. The minimum Gasteiger partial charge on any atom is -0.379 e. The molecule has 1 aromatic heterocycles. The number of carbonyl (C=O) groups is 1. The van der Waals surface area contributed by atoms with Crippen molar-refractivity contribution in [2.24, 2.45) is 0 Å². The van der Waals surface area contributed by atoms with Crippen LogP contribution >= 0.6 is 11.3 Å². The van der Waals surface area contributed by atoms with Crippen LogP contribution in [0.4, 0.5) is 0 Å². The molecule has 6 nitrogen and oxygen atoms in total. The third-order valence-corrected chi connectivity index (χ3v) is 8.61. The molecule has 4 rings (SSSR count). The fraction of sp³-hybridized carbons (Fsp3) is 0.261. The number of amides is 1. The number of hydrogen-bond acceptors (Lipinski definition) is 5. The molecular weight excluding hydrogens is 432 g/mol. The molecule has 1 saturated heterocycles. The molecule has 2 aromatic carbocycles. The summed E-state index contributed by atoms with van der Waals surface area (Å²) in [5, 5.41) is 2.93. The molecule has 1 N–H and O–H groups in total. The van der Waals surface area contributed by atoms with Gasteiger partial charge >= 0.3 is 0 Å². The smallest absolute Gasteiger partial charge is 0.252 e. The van der Waals surface area contributed by atoms with Crippen molar-refractivity contribution in [3.05, 3.63) is 77.4 Å². The van der Waals surface area contributed by atoms with Crippen LogP contribution in [0.3, 0.4) is 0 Å². The Morgan fingerprint density at radius 3 is 2.52 bits per heavy atom. The Kier molecular flexibility index (Phi) is 6.52. The van der Waals surface area contributed by atoms with Crippen molar-refractivity contribution in [1.82, 2.24) is 9.62 Å². The van der Waals surface area contributed by atoms with Crippen LogP contribution in [0.15, 0.2) is 64.9 Å². The van der Waals surface area contributed by atoms with Crippen molar-refractivity contribution in [2.45, 2.75) is 17.7 Å². The number of ether oxygens (including phenoxy) is 1. The Labute approximate surface area is 186 Å². The van der Waals surface area contributed by atoms with E-state index in [1.807, 2.05) is 49.4 Å². The van der Waals surface area contributed by atoms with Crippen LogP contribution in [0.5, 0.6) is 0 Å². The highest BCUT2D eigenvalue weighted by atomic mass is 32.2. The first-order valence-corrected chi connectivity index (χ1v) is 12.3. The van der Waals surface area contributed by atoms with Crippen molar-refractivity contribution >= 4 is 27.3 Å². The van der Waals surface area contributed by atoms with Crippen LogP contribution < -0.4 is 5.32 Å². The van der Waals surface area contributed by atoms with Gasteiger partial charge in [0.2, 0.25) is 0 Å². The molecule has 1 fully saturated rings. The van der Waals surface area contributed by atoms with Crippen LogP contribution in [0, 0.1) is 6.92 Å². The van der Waals surface area contributed by atoms with Crippen LogP contribution in [0.1, 0.15) is 21.5 Å². The van der Waals surface area contributed by atoms with Gasteiger partial charge in [-0.05, 0) is 42.3 Å². The lowest BCUT2D eigenvalue weighted by molar-refractivity contribution is 0.0731. The summed E-state index contributed by atoms with van der Waals surface area (Å²) in [4.78, 5) is 13.3. The van der Waals surface area contributed by atoms with E-state index in [1.165, 1.54) is 15.6 Å². The first-order valence-electron chi connectivity index (χ1n) is 10.1. The molecule has 0 bridgehead atoms. The second-order valence-corrected chi connectivity index (χ2v) is 10.6. The standard InChI is InChI=1S/C23H24N2O4S2/c1-17-3-2-4-18(15-17)16-24-23(26)20-7-5-19(6-8-20)21-9-10-22(30-21)31(27,28)25-11-13-29-14-12-25/h2-10,15H,11-14,16H2,1H3,(H,24,26). The normalized spacial score (nSPS) is 15.0.